The zero-order valence-electron chi connectivity index (χ0n) is 18.2. The molecule has 0 aromatic heterocycles. The molecule has 1 aliphatic rings. The Bertz CT molecular complexity index is 975. The van der Waals surface area contributed by atoms with Crippen molar-refractivity contribution in [2.75, 3.05) is 6.61 Å². The summed E-state index contributed by atoms with van der Waals surface area (Å²) in [6.45, 7) is 9.18. The molecule has 0 unspecified atom stereocenters. The molecule has 30 heavy (non-hydrogen) atoms. The van der Waals surface area contributed by atoms with Crippen LogP contribution in [0.1, 0.15) is 57.8 Å². The highest BCUT2D eigenvalue weighted by atomic mass is 16.6. The minimum atomic E-state index is -1.42. The summed E-state index contributed by atoms with van der Waals surface area (Å²) in [5.74, 6) is -1.39. The molecule has 160 valence electrons. The Morgan fingerprint density at radius 1 is 1.10 bits per heavy atom. The number of ether oxygens (including phenoxy) is 2. The highest BCUT2D eigenvalue weighted by Gasteiger charge is 2.62. The lowest BCUT2D eigenvalue weighted by atomic mass is 9.83. The average molecular weight is 411 g/mol. The second kappa shape index (κ2) is 8.09. The Morgan fingerprint density at radius 2 is 1.77 bits per heavy atom. The Kier molecular flexibility index (Phi) is 5.88. The molecule has 0 N–H and O–H groups in total. The van der Waals surface area contributed by atoms with Crippen LogP contribution in [0.4, 0.5) is 0 Å². The number of carbonyl (C=O) groups is 3. The zero-order chi connectivity index (χ0) is 22.1. The third kappa shape index (κ3) is 3.78. The van der Waals surface area contributed by atoms with Crippen molar-refractivity contribution in [2.24, 2.45) is 5.92 Å². The number of esters is 2. The van der Waals surface area contributed by atoms with Crippen LogP contribution in [0.15, 0.2) is 42.5 Å². The van der Waals surface area contributed by atoms with Gasteiger partial charge in [-0.2, -0.15) is 0 Å². The molecule has 0 saturated carbocycles. The molecule has 0 aliphatic carbocycles. The number of carbonyl (C=O) groups excluding carboxylic acids is 3. The van der Waals surface area contributed by atoms with E-state index in [0.29, 0.717) is 12.0 Å². The molecule has 6 nitrogen and oxygen atoms in total. The fraction of sp³-hybridized carbons (Fsp3) is 0.458. The molecule has 1 fully saturated rings. The number of amides is 1. The summed E-state index contributed by atoms with van der Waals surface area (Å²) in [6.07, 6.45) is 0.0579. The van der Waals surface area contributed by atoms with Gasteiger partial charge in [-0.15, -0.1) is 0 Å². The van der Waals surface area contributed by atoms with Gasteiger partial charge >= 0.3 is 11.9 Å². The molecule has 1 amide bonds. The molecule has 6 heteroatoms. The summed E-state index contributed by atoms with van der Waals surface area (Å²) < 4.78 is 10.8. The molecule has 1 heterocycles. The lowest BCUT2D eigenvalue weighted by Crippen LogP contribution is -2.58. The Hall–Kier alpha value is -2.89. The topological polar surface area (TPSA) is 72.9 Å². The lowest BCUT2D eigenvalue weighted by Gasteiger charge is -2.40. The molecule has 1 aliphatic heterocycles. The quantitative estimate of drug-likeness (QED) is 0.662. The van der Waals surface area contributed by atoms with Crippen molar-refractivity contribution >= 4 is 28.6 Å². The van der Waals surface area contributed by atoms with Crippen LogP contribution in [0.25, 0.3) is 10.8 Å². The van der Waals surface area contributed by atoms with Gasteiger partial charge in [-0.05, 0) is 49.9 Å². The van der Waals surface area contributed by atoms with Crippen molar-refractivity contribution in [1.82, 2.24) is 4.90 Å². The van der Waals surface area contributed by atoms with Crippen LogP contribution in [0.3, 0.4) is 0 Å². The lowest BCUT2D eigenvalue weighted by molar-refractivity contribution is -0.154. The van der Waals surface area contributed by atoms with Crippen molar-refractivity contribution in [3.8, 4) is 0 Å². The number of cyclic esters (lactones) is 1. The summed E-state index contributed by atoms with van der Waals surface area (Å²) >= 11 is 0. The van der Waals surface area contributed by atoms with E-state index in [0.717, 1.165) is 10.8 Å². The van der Waals surface area contributed by atoms with E-state index in [1.165, 1.54) is 4.90 Å². The molecule has 1 atom stereocenters. The van der Waals surface area contributed by atoms with Crippen LogP contribution in [0, 0.1) is 5.92 Å². The van der Waals surface area contributed by atoms with Crippen LogP contribution in [0.2, 0.25) is 0 Å². The summed E-state index contributed by atoms with van der Waals surface area (Å²) in [5.41, 5.74) is -2.15. The molecule has 0 spiro atoms. The van der Waals surface area contributed by atoms with Crippen molar-refractivity contribution in [1.29, 1.82) is 0 Å². The summed E-state index contributed by atoms with van der Waals surface area (Å²) in [7, 11) is 0. The van der Waals surface area contributed by atoms with E-state index in [1.54, 1.807) is 26.8 Å². The van der Waals surface area contributed by atoms with Gasteiger partial charge in [-0.1, -0.05) is 50.2 Å². The van der Waals surface area contributed by atoms with E-state index in [9.17, 15) is 14.4 Å². The Balaban J connectivity index is 2.16. The van der Waals surface area contributed by atoms with Gasteiger partial charge in [0.2, 0.25) is 0 Å². The Labute approximate surface area is 177 Å². The summed E-state index contributed by atoms with van der Waals surface area (Å²) in [5, 5.41) is 1.71. The fourth-order valence-electron chi connectivity index (χ4n) is 4.47. The number of fused-ring (bicyclic) bond motifs is 1. The Morgan fingerprint density at radius 3 is 2.43 bits per heavy atom. The average Bonchev–Trinajstić information content (AvgIpc) is 2.84. The highest BCUT2D eigenvalue weighted by molar-refractivity contribution is 6.09. The molecule has 2 aromatic carbocycles. The molecule has 0 radical (unpaired) electrons. The minimum Gasteiger partial charge on any atom is -0.466 e. The van der Waals surface area contributed by atoms with E-state index < -0.39 is 23.2 Å². The number of hydrogen-bond donors (Lipinski definition) is 0. The second-order valence-electron chi connectivity index (χ2n) is 8.61. The van der Waals surface area contributed by atoms with Crippen molar-refractivity contribution < 1.29 is 23.9 Å². The first-order valence-electron chi connectivity index (χ1n) is 10.3. The SMILES string of the molecule is CCOC(=O)C[C@]1(CC(C)C)C(=O)OC(C)(C)N1C(=O)c1cccc2ccccc12. The first kappa shape index (κ1) is 21.8. The maximum Gasteiger partial charge on any atom is 0.334 e. The van der Waals surface area contributed by atoms with E-state index in [2.05, 4.69) is 0 Å². The van der Waals surface area contributed by atoms with Crippen LogP contribution < -0.4 is 0 Å². The maximum atomic E-state index is 13.9. The van der Waals surface area contributed by atoms with Gasteiger partial charge in [0.25, 0.3) is 5.91 Å². The molecular formula is C24H29NO5. The largest absolute Gasteiger partial charge is 0.466 e. The summed E-state index contributed by atoms with van der Waals surface area (Å²) in [6, 6.07) is 13.1. The molecular weight excluding hydrogens is 382 g/mol. The monoisotopic (exact) mass is 411 g/mol. The van der Waals surface area contributed by atoms with Gasteiger partial charge in [0.05, 0.1) is 13.0 Å². The second-order valence-corrected chi connectivity index (χ2v) is 8.61. The normalized spacial score (nSPS) is 20.5. The van der Waals surface area contributed by atoms with Crippen molar-refractivity contribution in [3.05, 3.63) is 48.0 Å². The molecule has 3 rings (SSSR count). The zero-order valence-corrected chi connectivity index (χ0v) is 18.2. The molecule has 1 saturated heterocycles. The van der Waals surface area contributed by atoms with Gasteiger partial charge in [-0.25, -0.2) is 4.79 Å². The fourth-order valence-corrected chi connectivity index (χ4v) is 4.47. The number of benzene rings is 2. The van der Waals surface area contributed by atoms with Gasteiger partial charge in [0.1, 0.15) is 0 Å². The van der Waals surface area contributed by atoms with Crippen LogP contribution >= 0.6 is 0 Å². The molecule has 0 bridgehead atoms. The number of nitrogens with zero attached hydrogens (tertiary/aromatic N) is 1. The molecule has 2 aromatic rings. The first-order chi connectivity index (χ1) is 14.1. The van der Waals surface area contributed by atoms with Crippen LogP contribution in [-0.4, -0.2) is 40.6 Å². The standard InChI is InChI=1S/C24H29NO5/c1-6-29-20(26)15-24(14-16(2)3)22(28)30-23(4,5)25(24)21(27)19-13-9-11-17-10-7-8-12-18(17)19/h7-13,16H,6,14-15H2,1-5H3/t24-/m1/s1. The van der Waals surface area contributed by atoms with Crippen LogP contribution in [0.5, 0.6) is 0 Å². The third-order valence-corrected chi connectivity index (χ3v) is 5.40. The van der Waals surface area contributed by atoms with E-state index in [4.69, 9.17) is 9.47 Å². The first-order valence-corrected chi connectivity index (χ1v) is 10.3. The van der Waals surface area contributed by atoms with Crippen molar-refractivity contribution in [3.63, 3.8) is 0 Å². The van der Waals surface area contributed by atoms with Gasteiger partial charge in [0.15, 0.2) is 11.3 Å². The van der Waals surface area contributed by atoms with Gasteiger partial charge < -0.3 is 9.47 Å². The van der Waals surface area contributed by atoms with Crippen LogP contribution in [-0.2, 0) is 19.1 Å². The minimum absolute atomic E-state index is 0.0451. The smallest absolute Gasteiger partial charge is 0.334 e. The number of rotatable bonds is 6. The summed E-state index contributed by atoms with van der Waals surface area (Å²) in [4.78, 5) is 41.0. The van der Waals surface area contributed by atoms with Gasteiger partial charge in [-0.3, -0.25) is 14.5 Å². The van der Waals surface area contributed by atoms with E-state index in [-0.39, 0.29) is 24.9 Å². The predicted molar refractivity (Wildman–Crippen MR) is 114 cm³/mol. The maximum absolute atomic E-state index is 13.9. The third-order valence-electron chi connectivity index (χ3n) is 5.40. The van der Waals surface area contributed by atoms with E-state index in [1.807, 2.05) is 50.2 Å². The predicted octanol–water partition coefficient (Wildman–Crippen LogP) is 4.31. The van der Waals surface area contributed by atoms with E-state index >= 15 is 0 Å². The van der Waals surface area contributed by atoms with Gasteiger partial charge in [0, 0.05) is 5.56 Å². The highest BCUT2D eigenvalue weighted by Crippen LogP contribution is 2.44. The van der Waals surface area contributed by atoms with Crippen molar-refractivity contribution in [2.45, 2.75) is 58.7 Å². The number of hydrogen-bond acceptors (Lipinski definition) is 5.